The van der Waals surface area contributed by atoms with E-state index in [0.717, 1.165) is 0 Å². The van der Waals surface area contributed by atoms with Crippen molar-refractivity contribution in [3.8, 4) is 0 Å². The molecule has 0 atom stereocenters. The van der Waals surface area contributed by atoms with E-state index in [9.17, 15) is 13.2 Å². The van der Waals surface area contributed by atoms with Crippen molar-refractivity contribution in [2.75, 3.05) is 7.05 Å². The summed E-state index contributed by atoms with van der Waals surface area (Å²) >= 11 is 2.83. The van der Waals surface area contributed by atoms with E-state index in [1.807, 2.05) is 0 Å². The van der Waals surface area contributed by atoms with Crippen molar-refractivity contribution < 1.29 is 13.2 Å². The van der Waals surface area contributed by atoms with Crippen molar-refractivity contribution in [3.63, 3.8) is 0 Å². The molecule has 1 heterocycles. The molecule has 0 aliphatic carbocycles. The predicted octanol–water partition coefficient (Wildman–Crippen LogP) is 1.91. The van der Waals surface area contributed by atoms with E-state index in [-0.39, 0.29) is 4.47 Å². The number of rotatable bonds is 2. The van der Waals surface area contributed by atoms with Crippen molar-refractivity contribution in [2.24, 2.45) is 0 Å². The molecule has 0 radical (unpaired) electrons. The van der Waals surface area contributed by atoms with Crippen molar-refractivity contribution in [2.45, 2.75) is 12.7 Å². The van der Waals surface area contributed by atoms with E-state index in [2.05, 4.69) is 31.4 Å². The quantitative estimate of drug-likeness (QED) is 0.850. The van der Waals surface area contributed by atoms with Gasteiger partial charge in [-0.05, 0) is 23.0 Å². The second kappa shape index (κ2) is 3.67. The number of H-pyrrole nitrogens is 1. The van der Waals surface area contributed by atoms with Crippen LogP contribution < -0.4 is 5.32 Å². The minimum Gasteiger partial charge on any atom is -0.314 e. The molecule has 13 heavy (non-hydrogen) atoms. The summed E-state index contributed by atoms with van der Waals surface area (Å²) < 4.78 is 36.5. The van der Waals surface area contributed by atoms with Crippen LogP contribution in [0.5, 0.6) is 0 Å². The minimum absolute atomic E-state index is 0.0330. The summed E-state index contributed by atoms with van der Waals surface area (Å²) in [6, 6.07) is 0. The maximum Gasteiger partial charge on any atom is 0.436 e. The molecule has 74 valence electrons. The standard InChI is InChI=1S/C6H7BrF3N3/c1-11-2-3-4(7)5(13-12-3)6(8,9)10/h11H,2H2,1H3,(H,12,13). The molecule has 0 amide bonds. The molecule has 1 aromatic rings. The molecule has 7 heteroatoms. The molecule has 0 unspecified atom stereocenters. The molecule has 1 rings (SSSR count). The van der Waals surface area contributed by atoms with Crippen LogP contribution in [0.15, 0.2) is 4.47 Å². The summed E-state index contributed by atoms with van der Waals surface area (Å²) in [5.74, 6) is 0. The average Bonchev–Trinajstić information content (AvgIpc) is 2.32. The highest BCUT2D eigenvalue weighted by molar-refractivity contribution is 9.10. The Kier molecular flexibility index (Phi) is 2.97. The highest BCUT2D eigenvalue weighted by Crippen LogP contribution is 2.34. The molecule has 0 fully saturated rings. The third kappa shape index (κ3) is 2.22. The van der Waals surface area contributed by atoms with Crippen LogP contribution in [-0.2, 0) is 12.7 Å². The van der Waals surface area contributed by atoms with Crippen LogP contribution in [-0.4, -0.2) is 17.2 Å². The molecule has 1 aromatic heterocycles. The van der Waals surface area contributed by atoms with Gasteiger partial charge in [-0.15, -0.1) is 0 Å². The van der Waals surface area contributed by atoms with Gasteiger partial charge in [0.1, 0.15) is 0 Å². The molecule has 0 spiro atoms. The van der Waals surface area contributed by atoms with Gasteiger partial charge in [-0.3, -0.25) is 5.10 Å². The number of aromatic nitrogens is 2. The highest BCUT2D eigenvalue weighted by Gasteiger charge is 2.37. The molecule has 0 bridgehead atoms. The van der Waals surface area contributed by atoms with Crippen LogP contribution in [0.3, 0.4) is 0 Å². The Hall–Kier alpha value is -0.560. The Morgan fingerprint density at radius 2 is 2.15 bits per heavy atom. The molecule has 0 saturated heterocycles. The van der Waals surface area contributed by atoms with Gasteiger partial charge in [0.2, 0.25) is 0 Å². The number of hydrogen-bond acceptors (Lipinski definition) is 2. The Bertz CT molecular complexity index is 294. The first-order valence-corrected chi connectivity index (χ1v) is 4.20. The van der Waals surface area contributed by atoms with E-state index in [4.69, 9.17) is 0 Å². The Balaban J connectivity index is 2.99. The van der Waals surface area contributed by atoms with Crippen LogP contribution in [0.4, 0.5) is 13.2 Å². The van der Waals surface area contributed by atoms with E-state index in [1.165, 1.54) is 0 Å². The third-order valence-electron chi connectivity index (χ3n) is 1.40. The summed E-state index contributed by atoms with van der Waals surface area (Å²) in [7, 11) is 1.64. The zero-order valence-electron chi connectivity index (χ0n) is 6.67. The van der Waals surface area contributed by atoms with Crippen LogP contribution in [0.1, 0.15) is 11.4 Å². The van der Waals surface area contributed by atoms with E-state index in [1.54, 1.807) is 7.05 Å². The SMILES string of the molecule is CNCc1[nH]nc(C(F)(F)F)c1Br. The first-order valence-electron chi connectivity index (χ1n) is 3.41. The van der Waals surface area contributed by atoms with Gasteiger partial charge >= 0.3 is 6.18 Å². The van der Waals surface area contributed by atoms with E-state index < -0.39 is 11.9 Å². The Labute approximate surface area is 80.8 Å². The summed E-state index contributed by atoms with van der Waals surface area (Å²) in [6.07, 6.45) is -4.42. The van der Waals surface area contributed by atoms with Crippen molar-refractivity contribution in [1.82, 2.24) is 15.5 Å². The topological polar surface area (TPSA) is 40.7 Å². The second-order valence-corrected chi connectivity index (χ2v) is 3.19. The summed E-state index contributed by atoms with van der Waals surface area (Å²) in [4.78, 5) is 0. The number of alkyl halides is 3. The van der Waals surface area contributed by atoms with Gasteiger partial charge in [0.25, 0.3) is 0 Å². The molecular weight excluding hydrogens is 251 g/mol. The van der Waals surface area contributed by atoms with Gasteiger partial charge in [0.05, 0.1) is 10.2 Å². The van der Waals surface area contributed by atoms with Gasteiger partial charge in [0, 0.05) is 6.54 Å². The van der Waals surface area contributed by atoms with Gasteiger partial charge in [-0.25, -0.2) is 0 Å². The highest BCUT2D eigenvalue weighted by atomic mass is 79.9. The fourth-order valence-electron chi connectivity index (χ4n) is 0.846. The Morgan fingerprint density at radius 1 is 1.54 bits per heavy atom. The molecule has 3 nitrogen and oxygen atoms in total. The molecule has 0 aliphatic heterocycles. The third-order valence-corrected chi connectivity index (χ3v) is 2.25. The zero-order chi connectivity index (χ0) is 10.1. The van der Waals surface area contributed by atoms with Crippen LogP contribution in [0.25, 0.3) is 0 Å². The van der Waals surface area contributed by atoms with E-state index in [0.29, 0.717) is 12.2 Å². The maximum absolute atomic E-state index is 12.2. The molecular formula is C6H7BrF3N3. The monoisotopic (exact) mass is 257 g/mol. The Morgan fingerprint density at radius 3 is 2.54 bits per heavy atom. The largest absolute Gasteiger partial charge is 0.436 e. The molecule has 0 saturated carbocycles. The number of nitrogens with zero attached hydrogens (tertiary/aromatic N) is 1. The number of hydrogen-bond donors (Lipinski definition) is 2. The molecule has 2 N–H and O–H groups in total. The van der Waals surface area contributed by atoms with Gasteiger partial charge in [-0.1, -0.05) is 0 Å². The fourth-order valence-corrected chi connectivity index (χ4v) is 1.39. The van der Waals surface area contributed by atoms with Gasteiger partial charge < -0.3 is 5.32 Å². The van der Waals surface area contributed by atoms with Crippen molar-refractivity contribution >= 4 is 15.9 Å². The average molecular weight is 258 g/mol. The van der Waals surface area contributed by atoms with Crippen LogP contribution >= 0.6 is 15.9 Å². The lowest BCUT2D eigenvalue weighted by molar-refractivity contribution is -0.141. The lowest BCUT2D eigenvalue weighted by Gasteiger charge is -2.02. The summed E-state index contributed by atoms with van der Waals surface area (Å²) in [5, 5.41) is 8.19. The first-order chi connectivity index (χ1) is 5.96. The number of aromatic amines is 1. The minimum atomic E-state index is -4.42. The van der Waals surface area contributed by atoms with E-state index >= 15 is 0 Å². The lowest BCUT2D eigenvalue weighted by atomic mass is 10.3. The second-order valence-electron chi connectivity index (χ2n) is 2.39. The lowest BCUT2D eigenvalue weighted by Crippen LogP contribution is -2.07. The summed E-state index contributed by atoms with van der Waals surface area (Å²) in [6.45, 7) is 0.309. The van der Waals surface area contributed by atoms with Gasteiger partial charge in [-0.2, -0.15) is 18.3 Å². The van der Waals surface area contributed by atoms with Crippen molar-refractivity contribution in [3.05, 3.63) is 15.9 Å². The molecule has 0 aromatic carbocycles. The molecule has 0 aliphatic rings. The van der Waals surface area contributed by atoms with Crippen LogP contribution in [0, 0.1) is 0 Å². The van der Waals surface area contributed by atoms with Crippen molar-refractivity contribution in [1.29, 1.82) is 0 Å². The number of halogens is 4. The van der Waals surface area contributed by atoms with Gasteiger partial charge in [0.15, 0.2) is 5.69 Å². The smallest absolute Gasteiger partial charge is 0.314 e. The maximum atomic E-state index is 12.2. The first kappa shape index (κ1) is 10.5. The predicted molar refractivity (Wildman–Crippen MR) is 44.1 cm³/mol. The summed E-state index contributed by atoms with van der Waals surface area (Å²) in [5.41, 5.74) is -0.535. The zero-order valence-corrected chi connectivity index (χ0v) is 8.25. The normalized spacial score (nSPS) is 12.1. The fraction of sp³-hybridized carbons (Fsp3) is 0.500. The van der Waals surface area contributed by atoms with Crippen LogP contribution in [0.2, 0.25) is 0 Å². The number of nitrogens with one attached hydrogen (secondary N) is 2.